The highest BCUT2D eigenvalue weighted by Crippen LogP contribution is 2.32. The van der Waals surface area contributed by atoms with Crippen molar-refractivity contribution in [3.8, 4) is 11.3 Å². The van der Waals surface area contributed by atoms with E-state index in [9.17, 15) is 4.79 Å². The van der Waals surface area contributed by atoms with Crippen LogP contribution in [0, 0.1) is 13.8 Å². The summed E-state index contributed by atoms with van der Waals surface area (Å²) in [5.41, 5.74) is 4.49. The first-order chi connectivity index (χ1) is 8.15. The van der Waals surface area contributed by atoms with E-state index in [0.717, 1.165) is 29.7 Å². The summed E-state index contributed by atoms with van der Waals surface area (Å²) in [4.78, 5) is 11.9. The van der Waals surface area contributed by atoms with E-state index in [1.54, 1.807) is 6.07 Å². The smallest absolute Gasteiger partial charge is 0.188 e. The third kappa shape index (κ3) is 1.60. The molecule has 1 aromatic heterocycles. The number of rotatable bonds is 0. The molecule has 0 radical (unpaired) electrons. The summed E-state index contributed by atoms with van der Waals surface area (Å²) in [5.74, 6) is 1.46. The number of aryl methyl sites for hydroxylation is 3. The second-order valence-corrected chi connectivity index (χ2v) is 4.69. The standard InChI is InChI=1S/C15H14O2/c1-9-3-4-11-5-6-12-14(16)8-10(2)17-15(12)13(11)7-9/h3-4,7-8H,5-6H2,1-2H3. The van der Waals surface area contributed by atoms with Crippen LogP contribution in [0.1, 0.15) is 22.5 Å². The van der Waals surface area contributed by atoms with Gasteiger partial charge in [-0.15, -0.1) is 0 Å². The van der Waals surface area contributed by atoms with Gasteiger partial charge >= 0.3 is 0 Å². The first-order valence-electron chi connectivity index (χ1n) is 5.88. The van der Waals surface area contributed by atoms with Crippen molar-refractivity contribution in [1.82, 2.24) is 0 Å². The molecule has 2 nitrogen and oxygen atoms in total. The van der Waals surface area contributed by atoms with Crippen LogP contribution >= 0.6 is 0 Å². The molecule has 0 aliphatic heterocycles. The molecule has 1 aliphatic carbocycles. The zero-order valence-electron chi connectivity index (χ0n) is 10.0. The van der Waals surface area contributed by atoms with Gasteiger partial charge in [-0.2, -0.15) is 0 Å². The monoisotopic (exact) mass is 226 g/mol. The van der Waals surface area contributed by atoms with E-state index >= 15 is 0 Å². The summed E-state index contributed by atoms with van der Waals surface area (Å²) in [7, 11) is 0. The summed E-state index contributed by atoms with van der Waals surface area (Å²) < 4.78 is 5.76. The Hall–Kier alpha value is -1.83. The Balaban J connectivity index is 2.35. The Morgan fingerprint density at radius 3 is 2.76 bits per heavy atom. The molecule has 2 heteroatoms. The zero-order chi connectivity index (χ0) is 12.0. The van der Waals surface area contributed by atoms with Crippen LogP contribution in [0.15, 0.2) is 33.5 Å². The number of hydrogen-bond donors (Lipinski definition) is 0. The minimum absolute atomic E-state index is 0.107. The summed E-state index contributed by atoms with van der Waals surface area (Å²) in [5, 5.41) is 0. The van der Waals surface area contributed by atoms with Crippen molar-refractivity contribution in [2.24, 2.45) is 0 Å². The Bertz CT molecular complexity index is 650. The number of fused-ring (bicyclic) bond motifs is 3. The topological polar surface area (TPSA) is 30.2 Å². The molecule has 86 valence electrons. The van der Waals surface area contributed by atoms with Crippen molar-refractivity contribution < 1.29 is 4.42 Å². The van der Waals surface area contributed by atoms with Gasteiger partial charge in [0.2, 0.25) is 0 Å². The average Bonchev–Trinajstić information content (AvgIpc) is 2.28. The predicted octanol–water partition coefficient (Wildman–Crippen LogP) is 3.02. The fourth-order valence-corrected chi connectivity index (χ4v) is 2.47. The molecule has 1 heterocycles. The number of hydrogen-bond acceptors (Lipinski definition) is 2. The van der Waals surface area contributed by atoms with E-state index in [4.69, 9.17) is 4.42 Å². The van der Waals surface area contributed by atoms with Gasteiger partial charge in [0.25, 0.3) is 0 Å². The lowest BCUT2D eigenvalue weighted by Gasteiger charge is -2.18. The van der Waals surface area contributed by atoms with Crippen LogP contribution in [-0.2, 0) is 12.8 Å². The van der Waals surface area contributed by atoms with Crippen molar-refractivity contribution in [2.75, 3.05) is 0 Å². The molecule has 2 aromatic rings. The second-order valence-electron chi connectivity index (χ2n) is 4.69. The van der Waals surface area contributed by atoms with Crippen molar-refractivity contribution in [3.05, 3.63) is 56.9 Å². The highest BCUT2D eigenvalue weighted by molar-refractivity contribution is 5.68. The third-order valence-electron chi connectivity index (χ3n) is 3.32. The molecule has 0 unspecified atom stereocenters. The van der Waals surface area contributed by atoms with Crippen molar-refractivity contribution >= 4 is 0 Å². The van der Waals surface area contributed by atoms with Crippen LogP contribution in [0.3, 0.4) is 0 Å². The van der Waals surface area contributed by atoms with Gasteiger partial charge in [-0.25, -0.2) is 0 Å². The van der Waals surface area contributed by atoms with E-state index in [1.165, 1.54) is 11.1 Å². The van der Waals surface area contributed by atoms with Crippen molar-refractivity contribution in [1.29, 1.82) is 0 Å². The molecule has 0 atom stereocenters. The van der Waals surface area contributed by atoms with E-state index in [2.05, 4.69) is 25.1 Å². The van der Waals surface area contributed by atoms with Crippen LogP contribution < -0.4 is 5.43 Å². The zero-order valence-corrected chi connectivity index (χ0v) is 10.0. The summed E-state index contributed by atoms with van der Waals surface area (Å²) >= 11 is 0. The summed E-state index contributed by atoms with van der Waals surface area (Å²) in [6.45, 7) is 3.88. The average molecular weight is 226 g/mol. The fraction of sp³-hybridized carbons (Fsp3) is 0.267. The summed E-state index contributed by atoms with van der Waals surface area (Å²) in [6.07, 6.45) is 1.71. The van der Waals surface area contributed by atoms with E-state index in [-0.39, 0.29) is 5.43 Å². The molecule has 0 bridgehead atoms. The van der Waals surface area contributed by atoms with Crippen LogP contribution in [0.4, 0.5) is 0 Å². The van der Waals surface area contributed by atoms with Crippen molar-refractivity contribution in [2.45, 2.75) is 26.7 Å². The molecular formula is C15H14O2. The molecule has 17 heavy (non-hydrogen) atoms. The van der Waals surface area contributed by atoms with Gasteiger partial charge in [-0.1, -0.05) is 17.7 Å². The maximum absolute atomic E-state index is 11.9. The maximum Gasteiger partial charge on any atom is 0.188 e. The second kappa shape index (κ2) is 3.59. The maximum atomic E-state index is 11.9. The molecule has 0 amide bonds. The van der Waals surface area contributed by atoms with Gasteiger partial charge < -0.3 is 4.42 Å². The van der Waals surface area contributed by atoms with E-state index in [0.29, 0.717) is 5.76 Å². The van der Waals surface area contributed by atoms with Crippen molar-refractivity contribution in [3.63, 3.8) is 0 Å². The first kappa shape index (κ1) is 10.3. The molecule has 1 aliphatic rings. The first-order valence-corrected chi connectivity index (χ1v) is 5.88. The van der Waals surface area contributed by atoms with Gasteiger partial charge in [-0.3, -0.25) is 4.79 Å². The van der Waals surface area contributed by atoms with E-state index in [1.807, 2.05) is 6.92 Å². The highest BCUT2D eigenvalue weighted by Gasteiger charge is 2.21. The minimum atomic E-state index is 0.107. The quantitative estimate of drug-likeness (QED) is 0.691. The molecule has 0 spiro atoms. The Morgan fingerprint density at radius 1 is 1.12 bits per heavy atom. The largest absolute Gasteiger partial charge is 0.461 e. The Kier molecular flexibility index (Phi) is 2.18. The van der Waals surface area contributed by atoms with Crippen LogP contribution in [0.25, 0.3) is 11.3 Å². The lowest BCUT2D eigenvalue weighted by atomic mass is 9.89. The normalized spacial score (nSPS) is 13.1. The van der Waals surface area contributed by atoms with Gasteiger partial charge in [-0.05, 0) is 38.3 Å². The molecule has 0 saturated heterocycles. The summed E-state index contributed by atoms with van der Waals surface area (Å²) in [6, 6.07) is 7.93. The molecule has 0 saturated carbocycles. The van der Waals surface area contributed by atoms with E-state index < -0.39 is 0 Å². The SMILES string of the molecule is Cc1ccc2c(c1)-c1oc(C)cc(=O)c1CC2. The van der Waals surface area contributed by atoms with Crippen LogP contribution in [-0.4, -0.2) is 0 Å². The lowest BCUT2D eigenvalue weighted by Crippen LogP contribution is -2.15. The molecule has 1 aromatic carbocycles. The molecule has 0 fully saturated rings. The van der Waals surface area contributed by atoms with Gasteiger partial charge in [0, 0.05) is 17.2 Å². The number of benzene rings is 1. The Morgan fingerprint density at radius 2 is 1.94 bits per heavy atom. The minimum Gasteiger partial charge on any atom is -0.461 e. The predicted molar refractivity (Wildman–Crippen MR) is 67.3 cm³/mol. The van der Waals surface area contributed by atoms with Gasteiger partial charge in [0.1, 0.15) is 11.5 Å². The Labute approximate surface area is 99.9 Å². The van der Waals surface area contributed by atoms with Crippen LogP contribution in [0.5, 0.6) is 0 Å². The molecule has 3 rings (SSSR count). The molecule has 0 N–H and O–H groups in total. The third-order valence-corrected chi connectivity index (χ3v) is 3.32. The highest BCUT2D eigenvalue weighted by atomic mass is 16.3. The van der Waals surface area contributed by atoms with Crippen LogP contribution in [0.2, 0.25) is 0 Å². The van der Waals surface area contributed by atoms with Gasteiger partial charge in [0.15, 0.2) is 5.43 Å². The lowest BCUT2D eigenvalue weighted by molar-refractivity contribution is 0.518. The van der Waals surface area contributed by atoms with Gasteiger partial charge in [0.05, 0.1) is 0 Å². The molecular weight excluding hydrogens is 212 g/mol. The fourth-order valence-electron chi connectivity index (χ4n) is 2.47.